The van der Waals surface area contributed by atoms with Gasteiger partial charge in [-0.05, 0) is 86.0 Å². The van der Waals surface area contributed by atoms with Crippen molar-refractivity contribution >= 4 is 23.5 Å². The first-order valence-electron chi connectivity index (χ1n) is 15.2. The smallest absolute Gasteiger partial charge is 0.338 e. The van der Waals surface area contributed by atoms with E-state index in [4.69, 9.17) is 9.47 Å². The number of Topliss-reactive ketones (excluding diaryl/α,β-unsaturated/α-hetero) is 2. The summed E-state index contributed by atoms with van der Waals surface area (Å²) in [6, 6.07) is 18.1. The molecule has 2 aromatic rings. The van der Waals surface area contributed by atoms with Crippen LogP contribution in [0.1, 0.15) is 86.4 Å². The van der Waals surface area contributed by atoms with E-state index in [1.54, 1.807) is 31.2 Å². The molecule has 4 fully saturated rings. The largest absolute Gasteiger partial charge is 0.458 e. The van der Waals surface area contributed by atoms with Crippen molar-refractivity contribution in [2.24, 2.45) is 40.4 Å². The molecule has 0 aliphatic heterocycles. The summed E-state index contributed by atoms with van der Waals surface area (Å²) in [7, 11) is 0. The van der Waals surface area contributed by atoms with Gasteiger partial charge in [0.1, 0.15) is 23.8 Å². The van der Waals surface area contributed by atoms with Crippen LogP contribution in [0.4, 0.5) is 0 Å². The summed E-state index contributed by atoms with van der Waals surface area (Å²) < 4.78 is 12.8. The maximum absolute atomic E-state index is 13.5. The average molecular weight is 557 g/mol. The van der Waals surface area contributed by atoms with E-state index < -0.39 is 12.2 Å². The third kappa shape index (κ3) is 4.73. The summed E-state index contributed by atoms with van der Waals surface area (Å²) in [4.78, 5) is 52.7. The van der Waals surface area contributed by atoms with E-state index in [1.165, 1.54) is 0 Å². The fraction of sp³-hybridized carbons (Fsp3) is 0.543. The van der Waals surface area contributed by atoms with Crippen molar-refractivity contribution in [3.05, 3.63) is 71.8 Å². The van der Waals surface area contributed by atoms with Gasteiger partial charge in [-0.1, -0.05) is 50.2 Å². The van der Waals surface area contributed by atoms with Crippen molar-refractivity contribution in [3.8, 4) is 0 Å². The Morgan fingerprint density at radius 3 is 1.98 bits per heavy atom. The van der Waals surface area contributed by atoms with Gasteiger partial charge >= 0.3 is 11.9 Å². The number of ether oxygens (including phenoxy) is 2. The quantitative estimate of drug-likeness (QED) is 0.392. The van der Waals surface area contributed by atoms with Crippen molar-refractivity contribution < 1.29 is 28.7 Å². The fourth-order valence-electron chi connectivity index (χ4n) is 9.52. The molecule has 0 saturated heterocycles. The van der Waals surface area contributed by atoms with Crippen LogP contribution in [0, 0.1) is 40.4 Å². The van der Waals surface area contributed by atoms with Crippen LogP contribution in [-0.2, 0) is 19.1 Å². The Morgan fingerprint density at radius 1 is 0.805 bits per heavy atom. The maximum atomic E-state index is 13.5. The number of esters is 2. The SMILES string of the molecule is CC(=O)[C@H]1CC[C@H]2[C@H]3[C@H]([C@H](OC(=O)c4ccccc4)C[C@]12C)[C@@]1(C)CCC(=O)C[C@@H]1C[C@H]3OC(=O)c1ccccc1. The van der Waals surface area contributed by atoms with Crippen molar-refractivity contribution in [2.75, 3.05) is 0 Å². The van der Waals surface area contributed by atoms with Crippen LogP contribution in [0.3, 0.4) is 0 Å². The Bertz CT molecular complexity index is 1340. The lowest BCUT2D eigenvalue weighted by atomic mass is 9.43. The molecule has 6 heteroatoms. The normalized spacial score (nSPS) is 37.7. The van der Waals surface area contributed by atoms with E-state index in [0.717, 1.165) is 19.3 Å². The number of hydrogen-bond donors (Lipinski definition) is 0. The topological polar surface area (TPSA) is 86.7 Å². The number of ketones is 2. The van der Waals surface area contributed by atoms with Gasteiger partial charge in [-0.2, -0.15) is 0 Å². The molecule has 2 aromatic carbocycles. The van der Waals surface area contributed by atoms with Crippen LogP contribution < -0.4 is 0 Å². The zero-order valence-corrected chi connectivity index (χ0v) is 24.2. The van der Waals surface area contributed by atoms with E-state index in [9.17, 15) is 19.2 Å². The molecule has 0 radical (unpaired) electrons. The molecule has 0 aromatic heterocycles. The standard InChI is InChI=1S/C35H40O6/c1-21(36)26-14-15-27-30-28(40-32(38)22-10-6-4-7-11-22)19-24-18-25(37)16-17-34(24,2)31(30)29(20-35(26,27)3)41-33(39)23-12-8-5-9-13-23/h4-13,24,26-31H,14-20H2,1-3H3/t24-,26-,27+,28-,29-,30-,31+,34+,35-/m1/s1. The summed E-state index contributed by atoms with van der Waals surface area (Å²) in [5, 5.41) is 0. The van der Waals surface area contributed by atoms with E-state index >= 15 is 0 Å². The Hall–Kier alpha value is -3.28. The molecule has 4 aliphatic carbocycles. The van der Waals surface area contributed by atoms with Crippen LogP contribution in [0.2, 0.25) is 0 Å². The van der Waals surface area contributed by atoms with Gasteiger partial charge in [-0.3, -0.25) is 9.59 Å². The van der Waals surface area contributed by atoms with Crippen LogP contribution in [0.15, 0.2) is 60.7 Å². The second-order valence-electron chi connectivity index (χ2n) is 13.5. The van der Waals surface area contributed by atoms with Crippen molar-refractivity contribution in [2.45, 2.75) is 77.9 Å². The predicted octanol–water partition coefficient (Wildman–Crippen LogP) is 6.47. The van der Waals surface area contributed by atoms with Gasteiger partial charge in [0.05, 0.1) is 11.1 Å². The molecule has 6 nitrogen and oxygen atoms in total. The monoisotopic (exact) mass is 556 g/mol. The van der Waals surface area contributed by atoms with Crippen LogP contribution in [0.5, 0.6) is 0 Å². The third-order valence-electron chi connectivity index (χ3n) is 11.4. The molecule has 41 heavy (non-hydrogen) atoms. The van der Waals surface area contributed by atoms with Gasteiger partial charge in [0, 0.05) is 30.6 Å². The zero-order valence-electron chi connectivity index (χ0n) is 24.2. The van der Waals surface area contributed by atoms with Crippen LogP contribution >= 0.6 is 0 Å². The van der Waals surface area contributed by atoms with Gasteiger partial charge in [-0.25, -0.2) is 9.59 Å². The number of fused-ring (bicyclic) bond motifs is 5. The van der Waals surface area contributed by atoms with Gasteiger partial charge in [0.15, 0.2) is 0 Å². The lowest BCUT2D eigenvalue weighted by molar-refractivity contribution is -0.205. The van der Waals surface area contributed by atoms with E-state index in [2.05, 4.69) is 13.8 Å². The Kier molecular flexibility index (Phi) is 7.15. The highest BCUT2D eigenvalue weighted by Crippen LogP contribution is 2.68. The lowest BCUT2D eigenvalue weighted by Gasteiger charge is -2.63. The zero-order chi connectivity index (χ0) is 28.9. The molecule has 0 N–H and O–H groups in total. The van der Waals surface area contributed by atoms with Gasteiger partial charge in [-0.15, -0.1) is 0 Å². The highest BCUT2D eigenvalue weighted by atomic mass is 16.6. The molecule has 0 bridgehead atoms. The number of carbonyl (C=O) groups excluding carboxylic acids is 4. The summed E-state index contributed by atoms with van der Waals surface area (Å²) in [5.41, 5.74) is 0.371. The minimum Gasteiger partial charge on any atom is -0.458 e. The number of benzene rings is 2. The number of hydrogen-bond acceptors (Lipinski definition) is 6. The minimum absolute atomic E-state index is 0.0332. The second kappa shape index (κ2) is 10.5. The van der Waals surface area contributed by atoms with Crippen molar-refractivity contribution in [1.82, 2.24) is 0 Å². The Morgan fingerprint density at radius 2 is 1.39 bits per heavy atom. The molecular weight excluding hydrogens is 516 g/mol. The van der Waals surface area contributed by atoms with Gasteiger partial charge in [0.2, 0.25) is 0 Å². The Labute approximate surface area is 242 Å². The average Bonchev–Trinajstić information content (AvgIpc) is 3.31. The first-order valence-corrected chi connectivity index (χ1v) is 15.2. The van der Waals surface area contributed by atoms with E-state index in [0.29, 0.717) is 36.8 Å². The summed E-state index contributed by atoms with van der Waals surface area (Å²) in [6.45, 7) is 6.12. The van der Waals surface area contributed by atoms with Gasteiger partial charge < -0.3 is 9.47 Å². The number of carbonyl (C=O) groups is 4. The van der Waals surface area contributed by atoms with Crippen molar-refractivity contribution in [1.29, 1.82) is 0 Å². The van der Waals surface area contributed by atoms with E-state index in [1.807, 2.05) is 36.4 Å². The molecule has 0 heterocycles. The lowest BCUT2D eigenvalue weighted by Crippen LogP contribution is -2.64. The molecule has 9 atom stereocenters. The van der Waals surface area contributed by atoms with Crippen LogP contribution in [0.25, 0.3) is 0 Å². The highest BCUT2D eigenvalue weighted by molar-refractivity contribution is 5.90. The van der Waals surface area contributed by atoms with Crippen LogP contribution in [-0.4, -0.2) is 35.7 Å². The molecule has 6 rings (SSSR count). The first kappa shape index (κ1) is 27.9. The molecule has 4 aliphatic rings. The maximum Gasteiger partial charge on any atom is 0.338 e. The summed E-state index contributed by atoms with van der Waals surface area (Å²) in [6.07, 6.45) is 3.69. The molecule has 0 amide bonds. The molecular formula is C35H40O6. The van der Waals surface area contributed by atoms with Crippen molar-refractivity contribution in [3.63, 3.8) is 0 Å². The van der Waals surface area contributed by atoms with Gasteiger partial charge in [0.25, 0.3) is 0 Å². The second-order valence-corrected chi connectivity index (χ2v) is 13.5. The minimum atomic E-state index is -0.451. The number of rotatable bonds is 5. The molecule has 4 saturated carbocycles. The molecule has 0 unspecified atom stereocenters. The molecule has 216 valence electrons. The third-order valence-corrected chi connectivity index (χ3v) is 11.4. The first-order chi connectivity index (χ1) is 19.6. The Balaban J connectivity index is 1.43. The molecule has 0 spiro atoms. The predicted molar refractivity (Wildman–Crippen MR) is 153 cm³/mol. The van der Waals surface area contributed by atoms with E-state index in [-0.39, 0.29) is 63.9 Å². The summed E-state index contributed by atoms with van der Waals surface area (Å²) in [5.74, 6) is -0.431. The fourth-order valence-corrected chi connectivity index (χ4v) is 9.52. The summed E-state index contributed by atoms with van der Waals surface area (Å²) >= 11 is 0. The highest BCUT2D eigenvalue weighted by Gasteiger charge is 2.67.